The Balaban J connectivity index is 1.60. The number of nitrogens with zero attached hydrogens (tertiary/aromatic N) is 4. The van der Waals surface area contributed by atoms with Crippen LogP contribution in [0.2, 0.25) is 5.15 Å². The van der Waals surface area contributed by atoms with Crippen molar-refractivity contribution in [2.45, 2.75) is 6.29 Å². The fourth-order valence-electron chi connectivity index (χ4n) is 2.11. The first-order chi connectivity index (χ1) is 11.8. The number of aromatic nitrogens is 4. The summed E-state index contributed by atoms with van der Waals surface area (Å²) in [5.41, 5.74) is 2.19. The number of rotatable bonds is 4. The Kier molecular flexibility index (Phi) is 3.97. The summed E-state index contributed by atoms with van der Waals surface area (Å²) in [5.74, 6) is 0.857. The molecular formula is C15H9ClN4O3S. The molecule has 7 nitrogen and oxygen atoms in total. The van der Waals surface area contributed by atoms with Gasteiger partial charge in [0.2, 0.25) is 5.88 Å². The Bertz CT molecular complexity index is 863. The summed E-state index contributed by atoms with van der Waals surface area (Å²) in [4.78, 5) is 8.07. The van der Waals surface area contributed by atoms with E-state index in [0.29, 0.717) is 11.3 Å². The van der Waals surface area contributed by atoms with E-state index in [1.165, 1.54) is 30.4 Å². The Labute approximate surface area is 145 Å². The van der Waals surface area contributed by atoms with Gasteiger partial charge in [0.25, 0.3) is 6.29 Å². The standard InChI is InChI=1S/C15H9ClN4O3S/c16-13-12(15-21-5-6-22-15)14(18-8-17-13)23-10-3-1-9(2-4-10)11-7-24-20-19-11/h1-8,15H. The zero-order valence-corrected chi connectivity index (χ0v) is 13.6. The van der Waals surface area contributed by atoms with E-state index in [1.54, 1.807) is 0 Å². The molecule has 0 atom stereocenters. The SMILES string of the molecule is Clc1ncnc(Oc2ccc(-c3csnn3)cc2)c1C1OC=CO1. The molecule has 0 aliphatic carbocycles. The fraction of sp³-hybridized carbons (Fsp3) is 0.0667. The van der Waals surface area contributed by atoms with Gasteiger partial charge in [-0.05, 0) is 35.8 Å². The van der Waals surface area contributed by atoms with Crippen LogP contribution in [0.25, 0.3) is 11.3 Å². The van der Waals surface area contributed by atoms with Gasteiger partial charge < -0.3 is 14.2 Å². The number of ether oxygens (including phenoxy) is 3. The van der Waals surface area contributed by atoms with Gasteiger partial charge in [0.15, 0.2) is 0 Å². The summed E-state index contributed by atoms with van der Waals surface area (Å²) in [7, 11) is 0. The van der Waals surface area contributed by atoms with E-state index in [9.17, 15) is 0 Å². The molecule has 0 spiro atoms. The van der Waals surface area contributed by atoms with Crippen LogP contribution >= 0.6 is 23.1 Å². The lowest BCUT2D eigenvalue weighted by molar-refractivity contribution is -0.0264. The van der Waals surface area contributed by atoms with Crippen LogP contribution in [0.1, 0.15) is 11.9 Å². The molecule has 24 heavy (non-hydrogen) atoms. The van der Waals surface area contributed by atoms with E-state index in [4.69, 9.17) is 25.8 Å². The lowest BCUT2D eigenvalue weighted by Gasteiger charge is -2.15. The largest absolute Gasteiger partial charge is 0.455 e. The van der Waals surface area contributed by atoms with Crippen molar-refractivity contribution < 1.29 is 14.2 Å². The van der Waals surface area contributed by atoms with Crippen molar-refractivity contribution in [2.75, 3.05) is 0 Å². The zero-order valence-electron chi connectivity index (χ0n) is 12.0. The summed E-state index contributed by atoms with van der Waals surface area (Å²) in [6.07, 6.45) is 3.44. The third-order valence-corrected chi connectivity index (χ3v) is 4.02. The van der Waals surface area contributed by atoms with E-state index in [1.807, 2.05) is 29.6 Å². The minimum absolute atomic E-state index is 0.207. The molecule has 2 aromatic heterocycles. The van der Waals surface area contributed by atoms with Gasteiger partial charge in [-0.15, -0.1) is 5.10 Å². The van der Waals surface area contributed by atoms with E-state index in [0.717, 1.165) is 11.3 Å². The van der Waals surface area contributed by atoms with Gasteiger partial charge in [-0.1, -0.05) is 16.1 Å². The maximum Gasteiger partial charge on any atom is 0.274 e. The predicted octanol–water partition coefficient (Wildman–Crippen LogP) is 3.96. The molecule has 4 rings (SSSR count). The Morgan fingerprint density at radius 3 is 2.58 bits per heavy atom. The minimum atomic E-state index is -0.728. The number of benzene rings is 1. The van der Waals surface area contributed by atoms with Crippen molar-refractivity contribution >= 4 is 23.1 Å². The second kappa shape index (κ2) is 6.42. The van der Waals surface area contributed by atoms with Crippen molar-refractivity contribution in [2.24, 2.45) is 0 Å². The first-order valence-electron chi connectivity index (χ1n) is 6.83. The highest BCUT2D eigenvalue weighted by Crippen LogP contribution is 2.36. The quantitative estimate of drug-likeness (QED) is 0.651. The molecule has 1 aliphatic rings. The van der Waals surface area contributed by atoms with E-state index < -0.39 is 6.29 Å². The smallest absolute Gasteiger partial charge is 0.274 e. The van der Waals surface area contributed by atoms with Crippen LogP contribution in [0.3, 0.4) is 0 Å². The molecule has 0 saturated carbocycles. The lowest BCUT2D eigenvalue weighted by Crippen LogP contribution is -2.05. The molecule has 3 aromatic rings. The average molecular weight is 361 g/mol. The van der Waals surface area contributed by atoms with Gasteiger partial charge >= 0.3 is 0 Å². The lowest BCUT2D eigenvalue weighted by atomic mass is 10.2. The number of hydrogen-bond acceptors (Lipinski definition) is 8. The van der Waals surface area contributed by atoms with Gasteiger partial charge in [-0.2, -0.15) is 0 Å². The average Bonchev–Trinajstić information content (AvgIpc) is 3.30. The predicted molar refractivity (Wildman–Crippen MR) is 86.5 cm³/mol. The molecule has 1 aromatic carbocycles. The summed E-state index contributed by atoms with van der Waals surface area (Å²) in [5, 5.41) is 6.11. The van der Waals surface area contributed by atoms with Crippen molar-refractivity contribution in [3.63, 3.8) is 0 Å². The molecule has 0 N–H and O–H groups in total. The Morgan fingerprint density at radius 2 is 1.88 bits per heavy atom. The van der Waals surface area contributed by atoms with Gasteiger partial charge in [-0.3, -0.25) is 0 Å². The molecule has 3 heterocycles. The van der Waals surface area contributed by atoms with E-state index >= 15 is 0 Å². The number of hydrogen-bond donors (Lipinski definition) is 0. The van der Waals surface area contributed by atoms with Crippen LogP contribution in [0, 0.1) is 0 Å². The molecule has 0 radical (unpaired) electrons. The highest BCUT2D eigenvalue weighted by Gasteiger charge is 2.26. The maximum atomic E-state index is 6.14. The number of halogens is 1. The second-order valence-corrected chi connectivity index (χ2v) is 5.64. The molecule has 120 valence electrons. The third kappa shape index (κ3) is 2.89. The molecule has 1 aliphatic heterocycles. The first kappa shape index (κ1) is 14.9. The van der Waals surface area contributed by atoms with Crippen LogP contribution in [0.5, 0.6) is 11.6 Å². The third-order valence-electron chi connectivity index (χ3n) is 3.22. The fourth-order valence-corrected chi connectivity index (χ4v) is 2.79. The topological polar surface area (TPSA) is 79.3 Å². The summed E-state index contributed by atoms with van der Waals surface area (Å²) < 4.78 is 20.3. The monoisotopic (exact) mass is 360 g/mol. The summed E-state index contributed by atoms with van der Waals surface area (Å²) >= 11 is 7.44. The highest BCUT2D eigenvalue weighted by atomic mass is 35.5. The minimum Gasteiger partial charge on any atom is -0.455 e. The molecule has 0 unspecified atom stereocenters. The van der Waals surface area contributed by atoms with Crippen molar-refractivity contribution in [1.82, 2.24) is 19.6 Å². The van der Waals surface area contributed by atoms with Crippen LogP contribution in [-0.4, -0.2) is 19.6 Å². The normalized spacial score (nSPS) is 13.5. The van der Waals surface area contributed by atoms with Gasteiger partial charge in [0, 0.05) is 10.9 Å². The molecule has 0 fully saturated rings. The van der Waals surface area contributed by atoms with Gasteiger partial charge in [-0.25, -0.2) is 9.97 Å². The van der Waals surface area contributed by atoms with Crippen LogP contribution in [-0.2, 0) is 9.47 Å². The summed E-state index contributed by atoms with van der Waals surface area (Å²) in [6.45, 7) is 0. The first-order valence-corrected chi connectivity index (χ1v) is 8.04. The highest BCUT2D eigenvalue weighted by molar-refractivity contribution is 7.03. The van der Waals surface area contributed by atoms with Crippen molar-refractivity contribution in [3.8, 4) is 22.9 Å². The second-order valence-electron chi connectivity index (χ2n) is 4.68. The zero-order chi connectivity index (χ0) is 16.4. The molecular weight excluding hydrogens is 352 g/mol. The van der Waals surface area contributed by atoms with Crippen LogP contribution < -0.4 is 4.74 Å². The molecule has 0 amide bonds. The Morgan fingerprint density at radius 1 is 1.08 bits per heavy atom. The maximum absolute atomic E-state index is 6.14. The van der Waals surface area contributed by atoms with Crippen LogP contribution in [0.15, 0.2) is 48.5 Å². The Hall–Kier alpha value is -2.71. The van der Waals surface area contributed by atoms with E-state index in [-0.39, 0.29) is 11.0 Å². The molecule has 0 saturated heterocycles. The van der Waals surface area contributed by atoms with E-state index in [2.05, 4.69) is 19.6 Å². The van der Waals surface area contributed by atoms with Gasteiger partial charge in [0.1, 0.15) is 41.0 Å². The molecule has 9 heteroatoms. The van der Waals surface area contributed by atoms with Crippen molar-refractivity contribution in [1.29, 1.82) is 0 Å². The summed E-state index contributed by atoms with van der Waals surface area (Å²) in [6, 6.07) is 7.39. The van der Waals surface area contributed by atoms with Crippen LogP contribution in [0.4, 0.5) is 0 Å². The van der Waals surface area contributed by atoms with Crippen molar-refractivity contribution in [3.05, 3.63) is 59.2 Å². The molecule has 0 bridgehead atoms. The van der Waals surface area contributed by atoms with Gasteiger partial charge in [0.05, 0.1) is 0 Å².